The number of carbonyl (C=O) groups excluding carboxylic acids is 4. The van der Waals surface area contributed by atoms with E-state index in [0.29, 0.717) is 42.6 Å². The first-order chi connectivity index (χ1) is 30.6. The number of aromatic nitrogens is 4. The Morgan fingerprint density at radius 3 is 2.49 bits per heavy atom. The van der Waals surface area contributed by atoms with E-state index in [0.717, 1.165) is 151 Å². The van der Waals surface area contributed by atoms with Gasteiger partial charge in [-0.1, -0.05) is 44.7 Å². The van der Waals surface area contributed by atoms with E-state index in [1.807, 2.05) is 30.5 Å². The molecule has 340 valence electrons. The van der Waals surface area contributed by atoms with Crippen LogP contribution in [0, 0.1) is 5.92 Å². The van der Waals surface area contributed by atoms with Gasteiger partial charge in [0, 0.05) is 95.0 Å². The molecule has 9 rings (SSSR count). The minimum atomic E-state index is -0.360. The van der Waals surface area contributed by atoms with Crippen LogP contribution in [0.5, 0.6) is 0 Å². The van der Waals surface area contributed by atoms with Gasteiger partial charge in [0.2, 0.25) is 23.7 Å². The number of carbonyl (C=O) groups is 4. The number of para-hydroxylation sites is 1. The smallest absolute Gasteiger partial charge is 0.347 e. The fourth-order valence-corrected chi connectivity index (χ4v) is 12.7. The molecule has 1 aromatic carbocycles. The first-order valence-corrected chi connectivity index (χ1v) is 24.7. The topological polar surface area (TPSA) is 158 Å². The van der Waals surface area contributed by atoms with Crippen LogP contribution in [0.3, 0.4) is 0 Å². The van der Waals surface area contributed by atoms with Crippen LogP contribution in [-0.4, -0.2) is 107 Å². The van der Waals surface area contributed by atoms with E-state index in [4.69, 9.17) is 9.97 Å². The van der Waals surface area contributed by atoms with Gasteiger partial charge in [0.25, 0.3) is 0 Å². The summed E-state index contributed by atoms with van der Waals surface area (Å²) >= 11 is 1.87. The van der Waals surface area contributed by atoms with Gasteiger partial charge in [0.1, 0.15) is 12.1 Å². The normalized spacial score (nSPS) is 24.6. The molecule has 2 saturated carbocycles. The van der Waals surface area contributed by atoms with Gasteiger partial charge in [-0.15, -0.1) is 0 Å². The number of imidazole rings is 1. The molecule has 3 unspecified atom stereocenters. The van der Waals surface area contributed by atoms with Gasteiger partial charge in [-0.2, -0.15) is 4.98 Å². The van der Waals surface area contributed by atoms with Crippen molar-refractivity contribution in [1.29, 1.82) is 0 Å². The second-order valence-electron chi connectivity index (χ2n) is 19.4. The van der Waals surface area contributed by atoms with Crippen molar-refractivity contribution in [2.75, 3.05) is 48.4 Å². The Labute approximate surface area is 375 Å². The highest BCUT2D eigenvalue weighted by atomic mass is 32.2. The highest BCUT2D eigenvalue weighted by Gasteiger charge is 2.62. The molecule has 6 heterocycles. The maximum absolute atomic E-state index is 13.7. The van der Waals surface area contributed by atoms with Crippen LogP contribution in [0.2, 0.25) is 0 Å². The summed E-state index contributed by atoms with van der Waals surface area (Å²) < 4.78 is 7.89. The monoisotopic (exact) mass is 882 g/mol. The quantitative estimate of drug-likeness (QED) is 0.0849. The zero-order chi connectivity index (χ0) is 43.7. The molecule has 6 aliphatic rings. The van der Waals surface area contributed by atoms with E-state index in [2.05, 4.69) is 42.1 Å². The maximum atomic E-state index is 13.7. The molecule has 2 aliphatic carbocycles. The molecule has 16 heteroatoms. The number of unbranched alkanes of at least 4 members (excludes halogenated alkanes) is 5. The van der Waals surface area contributed by atoms with Crippen molar-refractivity contribution < 1.29 is 19.2 Å². The van der Waals surface area contributed by atoms with Gasteiger partial charge in [-0.3, -0.25) is 29.3 Å². The van der Waals surface area contributed by atoms with Crippen molar-refractivity contribution in [2.24, 2.45) is 13.0 Å². The summed E-state index contributed by atoms with van der Waals surface area (Å²) in [5, 5.41) is 3.64. The predicted octanol–water partition coefficient (Wildman–Crippen LogP) is 6.23. The first-order valence-electron chi connectivity index (χ1n) is 24.0. The van der Waals surface area contributed by atoms with E-state index in [1.54, 1.807) is 11.6 Å². The summed E-state index contributed by atoms with van der Waals surface area (Å²) in [7, 11) is 1.73. The summed E-state index contributed by atoms with van der Waals surface area (Å²) in [6.07, 6.45) is 20.6. The Morgan fingerprint density at radius 2 is 1.71 bits per heavy atom. The maximum Gasteiger partial charge on any atom is 0.347 e. The molecule has 0 radical (unpaired) electrons. The number of amides is 3. The fraction of sp³-hybridized carbons (Fsp3) is 0.681. The van der Waals surface area contributed by atoms with Gasteiger partial charge >= 0.3 is 5.69 Å². The third-order valence-corrected chi connectivity index (χ3v) is 16.3. The van der Waals surface area contributed by atoms with Crippen LogP contribution >= 0.6 is 12.1 Å². The molecule has 3 saturated heterocycles. The van der Waals surface area contributed by atoms with Crippen LogP contribution in [0.25, 0.3) is 11.0 Å². The molecule has 63 heavy (non-hydrogen) atoms. The average Bonchev–Trinajstić information content (AvgIpc) is 3.50. The molecule has 2 spiro atoms. The summed E-state index contributed by atoms with van der Waals surface area (Å²) in [4.78, 5) is 77.5. The fourth-order valence-electron chi connectivity index (χ4n) is 11.5. The van der Waals surface area contributed by atoms with Gasteiger partial charge in [0.05, 0.1) is 22.0 Å². The molecular formula is C47H66N10O5S. The molecule has 2 N–H and O–H groups in total. The predicted molar refractivity (Wildman–Crippen MR) is 246 cm³/mol. The van der Waals surface area contributed by atoms with Crippen LogP contribution in [0.4, 0.5) is 11.8 Å². The second-order valence-corrected chi connectivity index (χ2v) is 20.6. The third-order valence-electron chi connectivity index (χ3n) is 15.2. The largest absolute Gasteiger partial charge is 0.351 e. The number of aldehydes is 1. The first kappa shape index (κ1) is 43.9. The molecule has 15 nitrogen and oxygen atoms in total. The Morgan fingerprint density at radius 1 is 0.905 bits per heavy atom. The number of rotatable bonds is 18. The van der Waals surface area contributed by atoms with Crippen molar-refractivity contribution in [1.82, 2.24) is 32.7 Å². The van der Waals surface area contributed by atoms with Crippen LogP contribution in [0.1, 0.15) is 140 Å². The van der Waals surface area contributed by atoms with Crippen molar-refractivity contribution in [3.05, 3.63) is 46.0 Å². The highest BCUT2D eigenvalue weighted by molar-refractivity contribution is 7.94. The average molecular weight is 883 g/mol. The molecular weight excluding hydrogens is 817 g/mol. The van der Waals surface area contributed by atoms with E-state index in [9.17, 15) is 24.0 Å². The lowest BCUT2D eigenvalue weighted by Crippen LogP contribution is -2.49. The molecule has 3 aromatic rings. The molecule has 5 fully saturated rings. The molecule has 3 atom stereocenters. The van der Waals surface area contributed by atoms with Crippen LogP contribution in [-0.2, 0) is 38.1 Å². The van der Waals surface area contributed by atoms with E-state index >= 15 is 0 Å². The Bertz CT molecular complexity index is 2250. The number of fused-ring (bicyclic) bond motifs is 3. The van der Waals surface area contributed by atoms with Crippen LogP contribution in [0.15, 0.2) is 29.2 Å². The number of likely N-dealkylation sites (tertiary alicyclic amines) is 1. The number of hydrogen-bond donors (Lipinski definition) is 2. The van der Waals surface area contributed by atoms with Crippen molar-refractivity contribution in [3.63, 3.8) is 0 Å². The Hall–Kier alpha value is -4.28. The van der Waals surface area contributed by atoms with Gasteiger partial charge < -0.3 is 15.0 Å². The Kier molecular flexibility index (Phi) is 13.0. The number of benzene rings is 1. The van der Waals surface area contributed by atoms with Gasteiger partial charge in [0.15, 0.2) is 0 Å². The number of nitrogens with zero attached hydrogens (tertiary/aromatic N) is 8. The lowest BCUT2D eigenvalue weighted by atomic mass is 9.95. The SMILES string of the molecule is CC1CCCC1N1C(=O)C2(CC2)c2cnc(NC3CCN(SN4CCC5(CCCN5C(=O)CCCCCCCc5cccc6c5n(C)c(=O)n6NC(=O)CCCC=O)C4)CC3)nc21. The summed E-state index contributed by atoms with van der Waals surface area (Å²) in [5.74, 6) is 2.29. The number of piperidine rings is 1. The van der Waals surface area contributed by atoms with Crippen molar-refractivity contribution in [3.8, 4) is 0 Å². The highest BCUT2D eigenvalue weighted by Crippen LogP contribution is 2.58. The van der Waals surface area contributed by atoms with Crippen molar-refractivity contribution in [2.45, 2.75) is 158 Å². The van der Waals surface area contributed by atoms with E-state index in [1.165, 1.54) is 17.5 Å². The summed E-state index contributed by atoms with van der Waals surface area (Å²) in [6, 6.07) is 6.36. The molecule has 2 aromatic heterocycles. The number of hydrogen-bond acceptors (Lipinski definition) is 11. The lowest BCUT2D eigenvalue weighted by Gasteiger charge is -2.37. The minimum Gasteiger partial charge on any atom is -0.351 e. The minimum absolute atomic E-state index is 0.0429. The molecule has 4 aliphatic heterocycles. The number of nitrogens with one attached hydrogen (secondary N) is 2. The molecule has 3 amide bonds. The van der Waals surface area contributed by atoms with E-state index < -0.39 is 0 Å². The lowest BCUT2D eigenvalue weighted by molar-refractivity contribution is -0.135. The summed E-state index contributed by atoms with van der Waals surface area (Å²) in [6.45, 7) is 7.01. The standard InChI is InChI=1S/C47H66N10O5S/c1-33-13-10-16-37(33)56-42-36(47(23-24-47)43(56)61)31-48-44(50-42)49-35-20-27-53(28-21-35)63-54-29-25-46(32-54)22-12-26-55(46)40(60)19-7-5-3-4-6-14-34-15-11-17-38-41(34)52(2)45(62)57(38)51-39(59)18-8-9-30-58/h11,15,17,30-31,33,35,37H,3-10,12-14,16,18-29,32H2,1-2H3,(H,51,59)(H,48,49,50). The number of anilines is 2. The van der Waals surface area contributed by atoms with Crippen molar-refractivity contribution >= 4 is 58.9 Å². The van der Waals surface area contributed by atoms with Gasteiger partial charge in [-0.05, 0) is 101 Å². The second kappa shape index (κ2) is 18.7. The Balaban J connectivity index is 0.690. The van der Waals surface area contributed by atoms with E-state index in [-0.39, 0.29) is 47.0 Å². The van der Waals surface area contributed by atoms with Crippen LogP contribution < -0.4 is 21.3 Å². The summed E-state index contributed by atoms with van der Waals surface area (Å²) in [5.41, 5.74) is 5.64. The number of aryl methyl sites for hydroxylation is 2. The zero-order valence-electron chi connectivity index (χ0n) is 37.3. The zero-order valence-corrected chi connectivity index (χ0v) is 38.1. The molecule has 0 bridgehead atoms. The third kappa shape index (κ3) is 8.80. The van der Waals surface area contributed by atoms with Gasteiger partial charge in [-0.25, -0.2) is 23.1 Å².